The average molecular weight is 705 g/mol. The zero-order chi connectivity index (χ0) is 36.0. The Morgan fingerprint density at radius 3 is 1.74 bits per heavy atom. The van der Waals surface area contributed by atoms with Crippen LogP contribution in [0, 0.1) is 40.8 Å². The van der Waals surface area contributed by atoms with Gasteiger partial charge in [0.15, 0.2) is 17.4 Å². The minimum atomic E-state index is -4.62. The van der Waals surface area contributed by atoms with E-state index in [4.69, 9.17) is 4.74 Å². The predicted molar refractivity (Wildman–Crippen MR) is 177 cm³/mol. The maximum Gasteiger partial charge on any atom is 0.432 e. The summed E-state index contributed by atoms with van der Waals surface area (Å²) in [5.41, 5.74) is -1.97. The summed E-state index contributed by atoms with van der Waals surface area (Å²) in [6.07, 6.45) is 5.45. The Morgan fingerprint density at radius 2 is 1.18 bits per heavy atom. The van der Waals surface area contributed by atoms with Crippen molar-refractivity contribution in [3.8, 4) is 33.8 Å². The van der Waals surface area contributed by atoms with Gasteiger partial charge in [-0.15, -0.1) is 0 Å². The second kappa shape index (κ2) is 16.3. The van der Waals surface area contributed by atoms with Gasteiger partial charge in [-0.05, 0) is 103 Å². The van der Waals surface area contributed by atoms with E-state index in [2.05, 4.69) is 11.7 Å². The van der Waals surface area contributed by atoms with Crippen molar-refractivity contribution in [2.75, 3.05) is 6.61 Å². The lowest BCUT2D eigenvalue weighted by Gasteiger charge is -2.29. The molecule has 10 heteroatoms. The van der Waals surface area contributed by atoms with Gasteiger partial charge in [0.2, 0.25) is 0 Å². The molecule has 0 aliphatic heterocycles. The third kappa shape index (κ3) is 8.61. The zero-order valence-corrected chi connectivity index (χ0v) is 28.0. The smallest absolute Gasteiger partial charge is 0.432 e. The standard InChI is InChI=1S/C40H40F8O2/c1-3-5-7-8-24-9-11-25(12-10-24)26-13-15-30(32(41)18-26)27-19-34(43)38(35(44)20-27)40(47,48)50-29-14-16-31(33(42)23-29)28-21-36(45)39(37(46)22-28)49-17-6-4-2/h13-16,18-25H,3-12,17H2,1-2H3. The van der Waals surface area contributed by atoms with Crippen molar-refractivity contribution in [3.05, 3.63) is 107 Å². The van der Waals surface area contributed by atoms with Gasteiger partial charge in [0.1, 0.15) is 34.6 Å². The number of ether oxygens (including phenoxy) is 2. The van der Waals surface area contributed by atoms with Crippen molar-refractivity contribution in [1.82, 2.24) is 0 Å². The molecule has 5 rings (SSSR count). The van der Waals surface area contributed by atoms with Gasteiger partial charge in [-0.1, -0.05) is 58.1 Å². The molecule has 1 aliphatic carbocycles. The summed E-state index contributed by atoms with van der Waals surface area (Å²) in [5.74, 6) is -8.06. The Hall–Kier alpha value is -4.08. The molecule has 1 fully saturated rings. The van der Waals surface area contributed by atoms with Crippen LogP contribution in [-0.2, 0) is 6.11 Å². The second-order valence-electron chi connectivity index (χ2n) is 13.0. The molecule has 0 atom stereocenters. The Morgan fingerprint density at radius 1 is 0.620 bits per heavy atom. The van der Waals surface area contributed by atoms with Gasteiger partial charge in [0.05, 0.1) is 6.61 Å². The summed E-state index contributed by atoms with van der Waals surface area (Å²) in [4.78, 5) is 0. The van der Waals surface area contributed by atoms with E-state index in [1.165, 1.54) is 37.8 Å². The fourth-order valence-electron chi connectivity index (χ4n) is 6.66. The van der Waals surface area contributed by atoms with E-state index in [1.807, 2.05) is 6.92 Å². The van der Waals surface area contributed by atoms with Crippen LogP contribution >= 0.6 is 0 Å². The molecule has 1 aliphatic rings. The number of benzene rings is 4. The van der Waals surface area contributed by atoms with Gasteiger partial charge < -0.3 is 9.47 Å². The second-order valence-corrected chi connectivity index (χ2v) is 13.0. The molecule has 0 heterocycles. The molecule has 4 aromatic rings. The summed E-state index contributed by atoms with van der Waals surface area (Å²) < 4.78 is 130. The van der Waals surface area contributed by atoms with Crippen molar-refractivity contribution in [2.24, 2.45) is 5.92 Å². The molecule has 0 saturated heterocycles. The molecular formula is C40H40F8O2. The highest BCUT2D eigenvalue weighted by Crippen LogP contribution is 2.41. The number of hydrogen-bond donors (Lipinski definition) is 0. The van der Waals surface area contributed by atoms with E-state index in [1.54, 1.807) is 6.07 Å². The van der Waals surface area contributed by atoms with Gasteiger partial charge >= 0.3 is 6.11 Å². The lowest BCUT2D eigenvalue weighted by atomic mass is 9.77. The van der Waals surface area contributed by atoms with Crippen molar-refractivity contribution in [2.45, 2.75) is 90.1 Å². The molecule has 1 saturated carbocycles. The van der Waals surface area contributed by atoms with Crippen molar-refractivity contribution in [1.29, 1.82) is 0 Å². The zero-order valence-electron chi connectivity index (χ0n) is 28.0. The molecule has 0 aromatic heterocycles. The summed E-state index contributed by atoms with van der Waals surface area (Å²) in [5, 5.41) is 0. The topological polar surface area (TPSA) is 18.5 Å². The van der Waals surface area contributed by atoms with Gasteiger partial charge in [-0.3, -0.25) is 0 Å². The van der Waals surface area contributed by atoms with Crippen LogP contribution < -0.4 is 9.47 Å². The Balaban J connectivity index is 1.29. The molecule has 0 radical (unpaired) electrons. The predicted octanol–water partition coefficient (Wildman–Crippen LogP) is 13.0. The molecule has 0 spiro atoms. The molecule has 0 bridgehead atoms. The number of halogens is 8. The van der Waals surface area contributed by atoms with Crippen molar-refractivity contribution >= 4 is 0 Å². The van der Waals surface area contributed by atoms with E-state index < -0.39 is 58.1 Å². The summed E-state index contributed by atoms with van der Waals surface area (Å²) in [6.45, 7) is 4.12. The van der Waals surface area contributed by atoms with Gasteiger partial charge in [0, 0.05) is 17.2 Å². The molecule has 0 unspecified atom stereocenters. The molecule has 0 amide bonds. The quantitative estimate of drug-likeness (QED) is 0.0961. The highest BCUT2D eigenvalue weighted by molar-refractivity contribution is 5.67. The Bertz CT molecular complexity index is 1740. The van der Waals surface area contributed by atoms with Crippen LogP contribution in [0.2, 0.25) is 0 Å². The van der Waals surface area contributed by atoms with E-state index in [0.29, 0.717) is 30.5 Å². The first kappa shape index (κ1) is 37.2. The largest absolute Gasteiger partial charge is 0.488 e. The maximum atomic E-state index is 15.3. The van der Waals surface area contributed by atoms with Crippen LogP contribution in [0.1, 0.15) is 95.1 Å². The summed E-state index contributed by atoms with van der Waals surface area (Å²) in [6, 6.07) is 9.62. The molecule has 0 N–H and O–H groups in total. The summed E-state index contributed by atoms with van der Waals surface area (Å²) >= 11 is 0. The minimum absolute atomic E-state index is 0.0757. The van der Waals surface area contributed by atoms with Crippen molar-refractivity contribution < 1.29 is 44.6 Å². The molecule has 4 aromatic carbocycles. The third-order valence-corrected chi connectivity index (χ3v) is 9.41. The van der Waals surface area contributed by atoms with Crippen LogP contribution in [-0.4, -0.2) is 6.61 Å². The van der Waals surface area contributed by atoms with E-state index in [9.17, 15) is 13.2 Å². The first-order chi connectivity index (χ1) is 23.9. The lowest BCUT2D eigenvalue weighted by molar-refractivity contribution is -0.189. The molecule has 2 nitrogen and oxygen atoms in total. The molecule has 268 valence electrons. The van der Waals surface area contributed by atoms with Crippen LogP contribution in [0.3, 0.4) is 0 Å². The normalized spacial score (nSPS) is 16.4. The number of rotatable bonds is 14. The fourth-order valence-corrected chi connectivity index (χ4v) is 6.66. The first-order valence-corrected chi connectivity index (χ1v) is 17.2. The van der Waals surface area contributed by atoms with Crippen LogP contribution in [0.5, 0.6) is 11.5 Å². The van der Waals surface area contributed by atoms with Gasteiger partial charge in [-0.2, -0.15) is 8.78 Å². The lowest BCUT2D eigenvalue weighted by Crippen LogP contribution is -2.25. The van der Waals surface area contributed by atoms with Crippen molar-refractivity contribution in [3.63, 3.8) is 0 Å². The minimum Gasteiger partial charge on any atom is -0.488 e. The first-order valence-electron chi connectivity index (χ1n) is 17.2. The number of alkyl halides is 2. The van der Waals surface area contributed by atoms with Gasteiger partial charge in [0.25, 0.3) is 0 Å². The Kier molecular flexibility index (Phi) is 12.1. The fraction of sp³-hybridized carbons (Fsp3) is 0.400. The monoisotopic (exact) mass is 704 g/mol. The van der Waals surface area contributed by atoms with E-state index in [0.717, 1.165) is 61.9 Å². The van der Waals surface area contributed by atoms with Crippen LogP contribution in [0.25, 0.3) is 22.3 Å². The third-order valence-electron chi connectivity index (χ3n) is 9.41. The van der Waals surface area contributed by atoms with Gasteiger partial charge in [-0.25, -0.2) is 26.3 Å². The van der Waals surface area contributed by atoms with Crippen LogP contribution in [0.4, 0.5) is 35.1 Å². The highest BCUT2D eigenvalue weighted by atomic mass is 19.3. The SMILES string of the molecule is CCCCCC1CCC(c2ccc(-c3cc(F)c(C(F)(F)Oc4ccc(-c5cc(F)c(OCCCC)c(F)c5)c(F)c4)c(F)c3)c(F)c2)CC1. The van der Waals surface area contributed by atoms with Crippen LogP contribution in [0.15, 0.2) is 60.7 Å². The highest BCUT2D eigenvalue weighted by Gasteiger charge is 2.41. The Labute approximate surface area is 287 Å². The number of unbranched alkanes of at least 4 members (excludes halogenated alkanes) is 3. The summed E-state index contributed by atoms with van der Waals surface area (Å²) in [7, 11) is 0. The molecular weight excluding hydrogens is 664 g/mol. The van der Waals surface area contributed by atoms with E-state index >= 15 is 22.0 Å². The maximum absolute atomic E-state index is 15.3. The molecule has 50 heavy (non-hydrogen) atoms. The average Bonchev–Trinajstić information content (AvgIpc) is 3.05. The number of hydrogen-bond acceptors (Lipinski definition) is 2. The van der Waals surface area contributed by atoms with E-state index in [-0.39, 0.29) is 34.8 Å².